The van der Waals surface area contributed by atoms with Gasteiger partial charge in [-0.1, -0.05) is 51.3 Å². The maximum absolute atomic E-state index is 13.3. The minimum Gasteiger partial charge on any atom is -0.444 e. The molecule has 0 aliphatic carbocycles. The van der Waals surface area contributed by atoms with E-state index in [1.807, 2.05) is 26.8 Å². The van der Waals surface area contributed by atoms with Crippen LogP contribution in [0.3, 0.4) is 0 Å². The zero-order chi connectivity index (χ0) is 27.8. The Hall–Kier alpha value is -3.08. The van der Waals surface area contributed by atoms with Gasteiger partial charge in [-0.3, -0.25) is 14.2 Å². The molecule has 3 aromatic rings. The van der Waals surface area contributed by atoms with Crippen molar-refractivity contribution in [2.45, 2.75) is 45.3 Å². The van der Waals surface area contributed by atoms with Crippen molar-refractivity contribution in [3.05, 3.63) is 78.7 Å². The third-order valence-corrected chi connectivity index (χ3v) is 6.89. The summed E-state index contributed by atoms with van der Waals surface area (Å²) in [6, 6.07) is 10.0. The summed E-state index contributed by atoms with van der Waals surface area (Å²) in [6.07, 6.45) is 2.36. The van der Waals surface area contributed by atoms with E-state index in [1.165, 1.54) is 6.33 Å². The lowest BCUT2D eigenvalue weighted by molar-refractivity contribution is 0.0224. The van der Waals surface area contributed by atoms with Gasteiger partial charge in [0.15, 0.2) is 0 Å². The fourth-order valence-electron chi connectivity index (χ4n) is 4.27. The van der Waals surface area contributed by atoms with Gasteiger partial charge in [-0.25, -0.2) is 9.78 Å². The highest BCUT2D eigenvalue weighted by molar-refractivity contribution is 9.10. The summed E-state index contributed by atoms with van der Waals surface area (Å²) in [5.74, 6) is -0.984. The van der Waals surface area contributed by atoms with E-state index >= 15 is 0 Å². The number of nitrogens with two attached hydrogens (primary N) is 1. The normalized spacial score (nSPS) is 15.4. The summed E-state index contributed by atoms with van der Waals surface area (Å²) < 4.78 is 7.26. The van der Waals surface area contributed by atoms with Crippen molar-refractivity contribution in [1.29, 1.82) is 0 Å². The van der Waals surface area contributed by atoms with E-state index in [-0.39, 0.29) is 39.2 Å². The fourth-order valence-corrected chi connectivity index (χ4v) is 5.66. The lowest BCUT2D eigenvalue weighted by Gasteiger charge is -2.29. The monoisotopic (exact) mass is 621 g/mol. The maximum Gasteiger partial charge on any atom is 0.410 e. The quantitative estimate of drug-likeness (QED) is 0.357. The molecule has 1 aromatic heterocycles. The van der Waals surface area contributed by atoms with Gasteiger partial charge >= 0.3 is 6.09 Å². The first-order valence-electron chi connectivity index (χ1n) is 11.8. The van der Waals surface area contributed by atoms with Crippen LogP contribution in [0.5, 0.6) is 0 Å². The highest BCUT2D eigenvalue weighted by Crippen LogP contribution is 2.35. The van der Waals surface area contributed by atoms with Crippen LogP contribution >= 0.6 is 39.1 Å². The second-order valence-electron chi connectivity index (χ2n) is 9.81. The van der Waals surface area contributed by atoms with Crippen molar-refractivity contribution in [2.24, 2.45) is 0 Å². The summed E-state index contributed by atoms with van der Waals surface area (Å²) in [4.78, 5) is 45.0. The Morgan fingerprint density at radius 1 is 1.18 bits per heavy atom. The molecule has 0 bridgehead atoms. The molecule has 2 aromatic carbocycles. The van der Waals surface area contributed by atoms with Crippen molar-refractivity contribution in [3.63, 3.8) is 0 Å². The molecule has 3 N–H and O–H groups in total. The van der Waals surface area contributed by atoms with Crippen LogP contribution in [0.25, 0.3) is 5.69 Å². The van der Waals surface area contributed by atoms with Gasteiger partial charge in [-0.15, -0.1) is 0 Å². The van der Waals surface area contributed by atoms with E-state index in [4.69, 9.17) is 33.7 Å². The summed E-state index contributed by atoms with van der Waals surface area (Å²) in [5.41, 5.74) is 5.67. The molecule has 1 aliphatic heterocycles. The smallest absolute Gasteiger partial charge is 0.410 e. The Morgan fingerprint density at radius 2 is 1.87 bits per heavy atom. The number of carbonyl (C=O) groups excluding carboxylic acids is 2. The van der Waals surface area contributed by atoms with Gasteiger partial charge in [-0.05, 0) is 63.4 Å². The first kappa shape index (κ1) is 27.9. The number of amides is 2. The number of aromatic nitrogens is 2. The number of ether oxygens (including phenoxy) is 1. The fraction of sp³-hybridized carbons (Fsp3) is 0.308. The number of nitrogens with one attached hydrogen (secondary N) is 1. The van der Waals surface area contributed by atoms with E-state index in [9.17, 15) is 14.4 Å². The van der Waals surface area contributed by atoms with Crippen LogP contribution in [0.1, 0.15) is 55.6 Å². The average molecular weight is 623 g/mol. The molecule has 0 unspecified atom stereocenters. The maximum atomic E-state index is 13.3. The van der Waals surface area contributed by atoms with E-state index in [0.29, 0.717) is 16.7 Å². The average Bonchev–Trinajstić information content (AvgIpc) is 3.29. The molecule has 1 atom stereocenters. The Kier molecular flexibility index (Phi) is 8.06. The summed E-state index contributed by atoms with van der Waals surface area (Å²) >= 11 is 15.9. The highest BCUT2D eigenvalue weighted by atomic mass is 79.9. The molecule has 1 saturated heterocycles. The second-order valence-corrected chi connectivity index (χ2v) is 11.5. The molecule has 0 spiro atoms. The molecule has 2 amide bonds. The first-order valence-corrected chi connectivity index (χ1v) is 13.3. The summed E-state index contributed by atoms with van der Waals surface area (Å²) in [6.45, 7) is 6.04. The van der Waals surface area contributed by atoms with Gasteiger partial charge in [-0.2, -0.15) is 0 Å². The lowest BCUT2D eigenvalue weighted by Crippen LogP contribution is -2.36. The number of benzene rings is 2. The number of carbonyl (C=O) groups is 2. The van der Waals surface area contributed by atoms with E-state index in [2.05, 4.69) is 26.2 Å². The molecule has 0 radical (unpaired) electrons. The minimum atomic E-state index is -0.744. The molecule has 4 rings (SSSR count). The molecular weight excluding hydrogens is 597 g/mol. The summed E-state index contributed by atoms with van der Waals surface area (Å²) in [5, 5.41) is 3.09. The van der Waals surface area contributed by atoms with Crippen LogP contribution in [0.2, 0.25) is 10.0 Å². The van der Waals surface area contributed by atoms with Crippen molar-refractivity contribution >= 4 is 62.6 Å². The van der Waals surface area contributed by atoms with Crippen LogP contribution < -0.4 is 16.6 Å². The van der Waals surface area contributed by atoms with E-state index in [0.717, 1.165) is 23.0 Å². The standard InChI is InChI=1S/C26H26BrCl2N5O4/c1-26(2,3)38-25(37)33-9-5-8-19(33)14-6-4-7-16(10-14)32-23(35)20-22(30)31-13-34(24(20)36)21-17(28)11-15(27)12-18(21)29/h4,6-7,10-13,19H,5,8-9,30H2,1-3H3,(H,32,35)/t19-/m0/s1. The van der Waals surface area contributed by atoms with Gasteiger partial charge in [0.1, 0.15) is 23.3 Å². The number of nitrogens with zero attached hydrogens (tertiary/aromatic N) is 3. The van der Waals surface area contributed by atoms with Crippen molar-refractivity contribution in [2.75, 3.05) is 17.6 Å². The number of anilines is 2. The predicted octanol–water partition coefficient (Wildman–Crippen LogP) is 6.21. The van der Waals surface area contributed by atoms with Crippen molar-refractivity contribution in [3.8, 4) is 5.69 Å². The molecule has 12 heteroatoms. The number of hydrogen-bond donors (Lipinski definition) is 2. The topological polar surface area (TPSA) is 120 Å². The molecule has 200 valence electrons. The lowest BCUT2D eigenvalue weighted by atomic mass is 10.0. The molecule has 38 heavy (non-hydrogen) atoms. The summed E-state index contributed by atoms with van der Waals surface area (Å²) in [7, 11) is 0. The molecule has 1 aliphatic rings. The van der Waals surface area contributed by atoms with Gasteiger partial charge in [0.2, 0.25) is 0 Å². The zero-order valence-electron chi connectivity index (χ0n) is 20.9. The van der Waals surface area contributed by atoms with Crippen LogP contribution in [0.4, 0.5) is 16.3 Å². The number of halogens is 3. The van der Waals surface area contributed by atoms with Gasteiger partial charge < -0.3 is 20.7 Å². The number of hydrogen-bond acceptors (Lipinski definition) is 6. The molecular formula is C26H26BrCl2N5O4. The number of likely N-dealkylation sites (tertiary alicyclic amines) is 1. The first-order chi connectivity index (χ1) is 17.9. The molecule has 2 heterocycles. The molecule has 0 saturated carbocycles. The number of nitrogen functional groups attached to an aromatic ring is 1. The van der Waals surface area contributed by atoms with E-state index in [1.54, 1.807) is 35.2 Å². The number of rotatable bonds is 4. The molecule has 1 fully saturated rings. The third kappa shape index (κ3) is 5.98. The van der Waals surface area contributed by atoms with Gasteiger partial charge in [0.05, 0.1) is 21.8 Å². The van der Waals surface area contributed by atoms with Crippen molar-refractivity contribution < 1.29 is 14.3 Å². The largest absolute Gasteiger partial charge is 0.444 e. The van der Waals surface area contributed by atoms with Gasteiger partial charge in [0.25, 0.3) is 11.5 Å². The predicted molar refractivity (Wildman–Crippen MR) is 151 cm³/mol. The highest BCUT2D eigenvalue weighted by Gasteiger charge is 2.33. The Labute approximate surface area is 238 Å². The van der Waals surface area contributed by atoms with Gasteiger partial charge in [0, 0.05) is 16.7 Å². The van der Waals surface area contributed by atoms with E-state index < -0.39 is 17.1 Å². The minimum absolute atomic E-state index is 0.175. The van der Waals surface area contributed by atoms with Crippen LogP contribution in [0.15, 0.2) is 52.0 Å². The third-order valence-electron chi connectivity index (χ3n) is 5.86. The van der Waals surface area contributed by atoms with Crippen LogP contribution in [-0.4, -0.2) is 38.6 Å². The second kappa shape index (κ2) is 11.0. The molecule has 9 nitrogen and oxygen atoms in total. The Bertz CT molecular complexity index is 1450. The Morgan fingerprint density at radius 3 is 2.53 bits per heavy atom. The SMILES string of the molecule is CC(C)(C)OC(=O)N1CCC[C@H]1c1cccc(NC(=O)c2c(N)ncn(-c3c(Cl)cc(Br)cc3Cl)c2=O)c1. The van der Waals surface area contributed by atoms with Crippen LogP contribution in [-0.2, 0) is 4.74 Å². The Balaban J connectivity index is 1.62. The van der Waals surface area contributed by atoms with Crippen LogP contribution in [0, 0.1) is 0 Å². The van der Waals surface area contributed by atoms with Crippen molar-refractivity contribution in [1.82, 2.24) is 14.5 Å². The zero-order valence-corrected chi connectivity index (χ0v) is 24.0.